The lowest BCUT2D eigenvalue weighted by Crippen LogP contribution is -2.40. The molecule has 0 fully saturated rings. The highest BCUT2D eigenvalue weighted by Crippen LogP contribution is 2.27. The van der Waals surface area contributed by atoms with Crippen LogP contribution in [0.25, 0.3) is 0 Å². The maximum Gasteiger partial charge on any atom is 0.333 e. The first kappa shape index (κ1) is 14.1. The van der Waals surface area contributed by atoms with Crippen LogP contribution in [0.4, 0.5) is 5.69 Å². The number of aryl methyl sites for hydroxylation is 1. The quantitative estimate of drug-likeness (QED) is 0.871. The Labute approximate surface area is 119 Å². The standard InChI is InChI=1S/C17H19NO2/c1-3-13-9-11-14(12-10-13)17(2,16(19)20)18-15-7-5-4-6-8-15/h4-12,18H,3H2,1-2H3,(H,19,20). The van der Waals surface area contributed by atoms with Gasteiger partial charge in [0.25, 0.3) is 0 Å². The van der Waals surface area contributed by atoms with Gasteiger partial charge >= 0.3 is 5.97 Å². The normalized spacial score (nSPS) is 13.5. The van der Waals surface area contributed by atoms with Crippen molar-refractivity contribution in [2.75, 3.05) is 5.32 Å². The number of carboxylic acids is 1. The summed E-state index contributed by atoms with van der Waals surface area (Å²) in [5.41, 5.74) is 1.58. The highest BCUT2D eigenvalue weighted by Gasteiger charge is 2.35. The molecule has 3 nitrogen and oxygen atoms in total. The number of anilines is 1. The molecule has 2 N–H and O–H groups in total. The molecule has 2 rings (SSSR count). The second kappa shape index (κ2) is 5.78. The summed E-state index contributed by atoms with van der Waals surface area (Å²) in [6.45, 7) is 3.76. The summed E-state index contributed by atoms with van der Waals surface area (Å²) in [6, 6.07) is 17.1. The van der Waals surface area contributed by atoms with Crippen LogP contribution >= 0.6 is 0 Å². The molecule has 0 amide bonds. The molecule has 104 valence electrons. The van der Waals surface area contributed by atoms with E-state index in [2.05, 4.69) is 12.2 Å². The number of rotatable bonds is 5. The molecule has 0 aromatic heterocycles. The molecule has 20 heavy (non-hydrogen) atoms. The largest absolute Gasteiger partial charge is 0.479 e. The van der Waals surface area contributed by atoms with E-state index in [0.29, 0.717) is 0 Å². The zero-order valence-corrected chi connectivity index (χ0v) is 11.8. The van der Waals surface area contributed by atoms with Gasteiger partial charge in [-0.25, -0.2) is 4.79 Å². The number of hydrogen-bond donors (Lipinski definition) is 2. The van der Waals surface area contributed by atoms with E-state index in [4.69, 9.17) is 0 Å². The third-order valence-electron chi connectivity index (χ3n) is 3.54. The summed E-state index contributed by atoms with van der Waals surface area (Å²) in [7, 11) is 0. The second-order valence-electron chi connectivity index (χ2n) is 4.97. The Bertz CT molecular complexity index is 578. The number of nitrogens with one attached hydrogen (secondary N) is 1. The lowest BCUT2D eigenvalue weighted by molar-refractivity contribution is -0.142. The Hall–Kier alpha value is -2.29. The molecule has 2 aromatic rings. The fourth-order valence-corrected chi connectivity index (χ4v) is 2.13. The summed E-state index contributed by atoms with van der Waals surface area (Å²) < 4.78 is 0. The first-order valence-corrected chi connectivity index (χ1v) is 6.72. The van der Waals surface area contributed by atoms with E-state index in [0.717, 1.165) is 17.7 Å². The fraction of sp³-hybridized carbons (Fsp3) is 0.235. The molecule has 0 heterocycles. The molecule has 0 saturated heterocycles. The molecule has 0 radical (unpaired) electrons. The van der Waals surface area contributed by atoms with E-state index in [9.17, 15) is 9.90 Å². The third kappa shape index (κ3) is 2.82. The predicted octanol–water partition coefficient (Wildman–Crippen LogP) is 3.66. The molecule has 1 atom stereocenters. The number of benzene rings is 2. The number of aliphatic carboxylic acids is 1. The highest BCUT2D eigenvalue weighted by atomic mass is 16.4. The number of hydrogen-bond acceptors (Lipinski definition) is 2. The molecular formula is C17H19NO2. The molecule has 0 aliphatic heterocycles. The smallest absolute Gasteiger partial charge is 0.333 e. The summed E-state index contributed by atoms with van der Waals surface area (Å²) in [5.74, 6) is -0.898. The van der Waals surface area contributed by atoms with Crippen LogP contribution in [0.5, 0.6) is 0 Å². The van der Waals surface area contributed by atoms with Crippen LogP contribution < -0.4 is 5.32 Å². The molecular weight excluding hydrogens is 250 g/mol. The monoisotopic (exact) mass is 269 g/mol. The number of carbonyl (C=O) groups is 1. The first-order chi connectivity index (χ1) is 9.56. The van der Waals surface area contributed by atoms with E-state index in [1.807, 2.05) is 54.6 Å². The zero-order chi connectivity index (χ0) is 14.6. The van der Waals surface area contributed by atoms with Crippen molar-refractivity contribution in [3.8, 4) is 0 Å². The van der Waals surface area contributed by atoms with Gasteiger partial charge in [-0.1, -0.05) is 49.4 Å². The maximum atomic E-state index is 11.7. The Balaban J connectivity index is 2.35. The minimum atomic E-state index is -1.15. The van der Waals surface area contributed by atoms with E-state index in [1.165, 1.54) is 5.56 Å². The second-order valence-corrected chi connectivity index (χ2v) is 4.97. The van der Waals surface area contributed by atoms with E-state index in [1.54, 1.807) is 6.92 Å². The molecule has 0 spiro atoms. The molecule has 0 bridgehead atoms. The molecule has 0 aliphatic carbocycles. The fourth-order valence-electron chi connectivity index (χ4n) is 2.13. The van der Waals surface area contributed by atoms with Crippen molar-refractivity contribution < 1.29 is 9.90 Å². The van der Waals surface area contributed by atoms with Gasteiger partial charge in [0.2, 0.25) is 0 Å². The van der Waals surface area contributed by atoms with Crippen molar-refractivity contribution in [3.05, 3.63) is 65.7 Å². The van der Waals surface area contributed by atoms with Gasteiger partial charge in [-0.2, -0.15) is 0 Å². The van der Waals surface area contributed by atoms with Gasteiger partial charge in [0.1, 0.15) is 0 Å². The molecule has 0 aliphatic rings. The highest BCUT2D eigenvalue weighted by molar-refractivity contribution is 5.84. The SMILES string of the molecule is CCc1ccc(C(C)(Nc2ccccc2)C(=O)O)cc1. The van der Waals surface area contributed by atoms with Crippen LogP contribution in [0.2, 0.25) is 0 Å². The Morgan fingerprint density at radius 3 is 2.20 bits per heavy atom. The lowest BCUT2D eigenvalue weighted by atomic mass is 9.90. The molecule has 0 saturated carbocycles. The molecule has 2 aromatic carbocycles. The Morgan fingerprint density at radius 2 is 1.70 bits per heavy atom. The van der Waals surface area contributed by atoms with Crippen LogP contribution in [0.1, 0.15) is 25.0 Å². The Morgan fingerprint density at radius 1 is 1.10 bits per heavy atom. The third-order valence-corrected chi connectivity index (χ3v) is 3.54. The van der Waals surface area contributed by atoms with Crippen LogP contribution in [0, 0.1) is 0 Å². The van der Waals surface area contributed by atoms with Crippen LogP contribution in [-0.4, -0.2) is 11.1 Å². The van der Waals surface area contributed by atoms with Crippen molar-refractivity contribution in [1.82, 2.24) is 0 Å². The molecule has 3 heteroatoms. The van der Waals surface area contributed by atoms with Crippen molar-refractivity contribution >= 4 is 11.7 Å². The van der Waals surface area contributed by atoms with Gasteiger partial charge in [0.05, 0.1) is 0 Å². The van der Waals surface area contributed by atoms with Crippen molar-refractivity contribution in [3.63, 3.8) is 0 Å². The minimum absolute atomic E-state index is 0.742. The predicted molar refractivity (Wildman–Crippen MR) is 80.9 cm³/mol. The van der Waals surface area contributed by atoms with E-state index < -0.39 is 11.5 Å². The Kier molecular flexibility index (Phi) is 4.08. The molecule has 1 unspecified atom stereocenters. The summed E-state index contributed by atoms with van der Waals surface area (Å²) in [5, 5.41) is 12.7. The number of para-hydroxylation sites is 1. The maximum absolute atomic E-state index is 11.7. The van der Waals surface area contributed by atoms with E-state index >= 15 is 0 Å². The zero-order valence-electron chi connectivity index (χ0n) is 11.8. The van der Waals surface area contributed by atoms with Crippen LogP contribution in [0.15, 0.2) is 54.6 Å². The lowest BCUT2D eigenvalue weighted by Gasteiger charge is -2.28. The van der Waals surface area contributed by atoms with E-state index in [-0.39, 0.29) is 0 Å². The van der Waals surface area contributed by atoms with Crippen LogP contribution in [0.3, 0.4) is 0 Å². The van der Waals surface area contributed by atoms with Crippen LogP contribution in [-0.2, 0) is 16.8 Å². The summed E-state index contributed by atoms with van der Waals surface area (Å²) >= 11 is 0. The topological polar surface area (TPSA) is 49.3 Å². The van der Waals surface area contributed by atoms with Crippen molar-refractivity contribution in [2.45, 2.75) is 25.8 Å². The van der Waals surface area contributed by atoms with Gasteiger partial charge in [-0.15, -0.1) is 0 Å². The average molecular weight is 269 g/mol. The minimum Gasteiger partial charge on any atom is -0.479 e. The number of carboxylic acid groups (broad SMARTS) is 1. The average Bonchev–Trinajstić information content (AvgIpc) is 2.48. The van der Waals surface area contributed by atoms with Gasteiger partial charge < -0.3 is 10.4 Å². The van der Waals surface area contributed by atoms with Crippen molar-refractivity contribution in [1.29, 1.82) is 0 Å². The van der Waals surface area contributed by atoms with Gasteiger partial charge in [-0.05, 0) is 36.6 Å². The van der Waals surface area contributed by atoms with Gasteiger partial charge in [-0.3, -0.25) is 0 Å². The summed E-state index contributed by atoms with van der Waals surface area (Å²) in [6.07, 6.45) is 0.941. The van der Waals surface area contributed by atoms with Crippen molar-refractivity contribution in [2.24, 2.45) is 0 Å². The van der Waals surface area contributed by atoms with Gasteiger partial charge in [0.15, 0.2) is 5.54 Å². The van der Waals surface area contributed by atoms with Gasteiger partial charge in [0, 0.05) is 5.69 Å². The first-order valence-electron chi connectivity index (χ1n) is 6.72. The summed E-state index contributed by atoms with van der Waals surface area (Å²) in [4.78, 5) is 11.7.